The topological polar surface area (TPSA) is 684 Å². The van der Waals surface area contributed by atoms with E-state index in [9.17, 15) is 76.7 Å². The van der Waals surface area contributed by atoms with Crippen LogP contribution >= 0.6 is 58.8 Å². The number of alkyl halides is 3. The number of rotatable bonds is 39. The molecule has 120 heavy (non-hydrogen) atoms. The van der Waals surface area contributed by atoms with Crippen LogP contribution in [-0.4, -0.2) is 246 Å². The Kier molecular flexibility index (Phi) is 94.3. The number of imide groups is 2. The van der Waals surface area contributed by atoms with Crippen LogP contribution in [0.15, 0.2) is 10.2 Å². The quantitative estimate of drug-likeness (QED) is 0.00246. The van der Waals surface area contributed by atoms with Crippen molar-refractivity contribution >= 4 is 154 Å². The van der Waals surface area contributed by atoms with Crippen molar-refractivity contribution in [3.05, 3.63) is 36.9 Å². The summed E-state index contributed by atoms with van der Waals surface area (Å²) in [5.41, 5.74) is 37.6. The number of aliphatic carboxylic acids is 1. The first-order chi connectivity index (χ1) is 53.7. The molecule has 0 saturated carbocycles. The fraction of sp³-hybridized carbons (Fsp3) is 0.765. The van der Waals surface area contributed by atoms with Gasteiger partial charge in [-0.1, -0.05) is 37.6 Å². The van der Waals surface area contributed by atoms with Gasteiger partial charge in [0, 0.05) is 87.5 Å². The zero-order chi connectivity index (χ0) is 89.6. The Morgan fingerprint density at radius 2 is 0.775 bits per heavy atom. The van der Waals surface area contributed by atoms with Gasteiger partial charge in [-0.15, -0.1) is 47.2 Å². The van der Waals surface area contributed by atoms with Crippen LogP contribution in [0.3, 0.4) is 0 Å². The number of carboxylic acids is 1. The van der Waals surface area contributed by atoms with Crippen molar-refractivity contribution < 1.29 is 159 Å². The molecule has 2 heterocycles. The Balaban J connectivity index is -0.000000130. The van der Waals surface area contributed by atoms with Crippen molar-refractivity contribution in [2.45, 2.75) is 249 Å². The number of nitrogens with one attached hydrogen (secondary N) is 6. The molecule has 2 rings (SSSR count). The summed E-state index contributed by atoms with van der Waals surface area (Å²) in [6, 6.07) is -2.83. The molecule has 10 amide bonds. The molecule has 0 aliphatic carbocycles. The molecule has 2 fully saturated rings. The maximum absolute atomic E-state index is 12.1. The molecule has 0 spiro atoms. The summed E-state index contributed by atoms with van der Waals surface area (Å²) in [7, 11) is 0. The Morgan fingerprint density at radius 1 is 0.492 bits per heavy atom. The molecular formula is C68H125Cl5N19NaO27. The fourth-order valence-corrected chi connectivity index (χ4v) is 7.83. The first-order valence-corrected chi connectivity index (χ1v) is 37.3. The fourth-order valence-electron chi connectivity index (χ4n) is 7.52. The van der Waals surface area contributed by atoms with Crippen molar-refractivity contribution in [3.63, 3.8) is 0 Å². The number of nitrogens with two attached hydrogens (primary N) is 2. The van der Waals surface area contributed by atoms with Crippen LogP contribution in [0.1, 0.15) is 208 Å². The number of carbonyl (C=O) groups excluding carboxylic acids is 15. The van der Waals surface area contributed by atoms with Crippen LogP contribution in [0.4, 0.5) is 24.0 Å². The van der Waals surface area contributed by atoms with Gasteiger partial charge in [0.2, 0.25) is 17.7 Å². The van der Waals surface area contributed by atoms with Crippen molar-refractivity contribution in [3.8, 4) is 0 Å². The van der Waals surface area contributed by atoms with Crippen molar-refractivity contribution in [1.82, 2.24) is 42.0 Å². The number of carboxylic acid groups (broad SMARTS) is 1. The average Bonchev–Trinajstić information content (AvgIpc) is 1.65. The first kappa shape index (κ1) is 135. The number of azide groups is 2. The molecule has 0 aromatic heterocycles. The van der Waals surface area contributed by atoms with Gasteiger partial charge >= 0.3 is 83.3 Å². The van der Waals surface area contributed by atoms with E-state index >= 15 is 0 Å². The number of alkyl carbamates (subject to hydrolysis) is 3. The summed E-state index contributed by atoms with van der Waals surface area (Å²) >= 11 is 20.5. The van der Waals surface area contributed by atoms with Gasteiger partial charge in [-0.25, -0.2) is 38.4 Å². The molecule has 0 unspecified atom stereocenters. The third kappa shape index (κ3) is 93.2. The van der Waals surface area contributed by atoms with E-state index in [0.29, 0.717) is 101 Å². The van der Waals surface area contributed by atoms with Crippen LogP contribution in [0, 0.1) is 0 Å². The Hall–Kier alpha value is -8.62. The van der Waals surface area contributed by atoms with E-state index in [0.717, 1.165) is 12.8 Å². The van der Waals surface area contributed by atoms with Gasteiger partial charge in [-0.3, -0.25) is 53.3 Å². The summed E-state index contributed by atoms with van der Waals surface area (Å²) in [5.74, 6) is -4.60. The third-order valence-electron chi connectivity index (χ3n) is 12.1. The third-order valence-corrected chi connectivity index (χ3v) is 12.7. The molecule has 690 valence electrons. The largest absolute Gasteiger partial charge is 1.00 e. The molecule has 0 aromatic carbocycles. The van der Waals surface area contributed by atoms with Crippen LogP contribution in [0.5, 0.6) is 0 Å². The van der Waals surface area contributed by atoms with Gasteiger partial charge in [0.15, 0.2) is 0 Å². The first-order valence-electron chi connectivity index (χ1n) is 35.4. The van der Waals surface area contributed by atoms with Gasteiger partial charge < -0.3 is 97.4 Å². The number of hydrogen-bond acceptors (Lipinski definition) is 30. The molecule has 0 aromatic rings. The van der Waals surface area contributed by atoms with E-state index in [-0.39, 0.29) is 177 Å². The predicted octanol–water partition coefficient (Wildman–Crippen LogP) is 7.34. The molecule has 2 aliphatic rings. The van der Waals surface area contributed by atoms with Gasteiger partial charge in [-0.2, -0.15) is 5.06 Å². The number of nitrogens with zero attached hydrogens (tertiary/aromatic N) is 11. The van der Waals surface area contributed by atoms with Crippen molar-refractivity contribution in [1.29, 1.82) is 0 Å². The molecular weight excluding hydrogens is 1720 g/mol. The van der Waals surface area contributed by atoms with Crippen molar-refractivity contribution in [2.75, 3.05) is 89.9 Å². The molecule has 12 N–H and O–H groups in total. The second-order valence-corrected chi connectivity index (χ2v) is 27.2. The van der Waals surface area contributed by atoms with Crippen molar-refractivity contribution in [2.24, 2.45) is 21.7 Å². The second kappa shape index (κ2) is 84.0. The molecule has 2 saturated heterocycles. The summed E-state index contributed by atoms with van der Waals surface area (Å²) in [6.45, 7) is 22.3. The average molecular weight is 1840 g/mol. The van der Waals surface area contributed by atoms with E-state index in [1.54, 1.807) is 62.3 Å². The standard InChI is InChI=1S/C15H27ClN2O5.C15H27N5O5.C12H24N2O3.C9H17N5O4.C7H8ClNO5.C4H5NO3.C3H4Cl2O2.3CH4.ClH.N3.Na/c1-11(19)18-12(13(20)23-15(2,3)4)7-5-6-9-17-14(21)22-10-8-16;1-11(21)19-12(13(22)25-15(2,3)4)7-5-6-8-17-14(23)24-10-9-18-20-16;1-9(15)14-10(7-5-6-8-13)11(16)17-12(2,3)4;10-7(8(15)16)3-1-2-4-12-9(17)18-6-5-13-14-11;8-3-4-13-7(12)14-9-5(10)1-2-6(9)11;6-3-1-2-4(7)5(3)8;4-1-2-7-3(5)6;;;;;1-3-2;/h12H,5-10H2,1-4H3,(H,17,21)(H,18,19);12H,5-10H2,1-4H3,(H,17,23)(H,19,21);10H,5-8,13H2,1-4H3,(H,14,15);7H,1-6,10H2,(H,12,17)(H,15,16);1-4H2;8H,1-2H2;1-2H2;3*1H4;1H;;/q;;;;;;;;;;;-1;+1/t2*12-;10-;7-;;;;;;;;;/m1111........./s1. The van der Waals surface area contributed by atoms with E-state index < -0.39 is 112 Å². The Morgan fingerprint density at radius 3 is 1.02 bits per heavy atom. The van der Waals surface area contributed by atoms with Gasteiger partial charge in [0.25, 0.3) is 23.6 Å². The zero-order valence-electron chi connectivity index (χ0n) is 68.1. The molecule has 0 radical (unpaired) electrons. The van der Waals surface area contributed by atoms with Gasteiger partial charge in [0.1, 0.15) is 60.8 Å². The molecule has 0 bridgehead atoms. The van der Waals surface area contributed by atoms with Gasteiger partial charge in [-0.05, 0) is 157 Å². The maximum atomic E-state index is 12.1. The summed E-state index contributed by atoms with van der Waals surface area (Å²) < 4.78 is 38.6. The van der Waals surface area contributed by atoms with E-state index in [1.807, 2.05) is 0 Å². The van der Waals surface area contributed by atoms with E-state index in [2.05, 4.69) is 71.0 Å². The number of esters is 3. The normalized spacial score (nSPS) is 12.1. The summed E-state index contributed by atoms with van der Waals surface area (Å²) in [4.78, 5) is 187. The van der Waals surface area contributed by atoms with Crippen LogP contribution in [-0.2, 0) is 95.5 Å². The smallest absolute Gasteiger partial charge is 0.480 e. The monoisotopic (exact) mass is 1840 g/mol. The molecule has 46 nitrogen and oxygen atoms in total. The Labute approximate surface area is 748 Å². The number of halogens is 5. The predicted molar refractivity (Wildman–Crippen MR) is 440 cm³/mol. The minimum atomic E-state index is -1.10. The van der Waals surface area contributed by atoms with Crippen LogP contribution in [0.2, 0.25) is 0 Å². The number of unbranched alkanes of at least 4 members (excludes halogenated alkanes) is 4. The van der Waals surface area contributed by atoms with E-state index in [1.165, 1.54) is 25.7 Å². The SMILES string of the molecule is C.C.C.CC(=O)N[C@H](CCCCN)C(=O)OC(C)(C)C.CC(=O)N[C@H](CCCCNC(=O)OCCCl)C(=O)OC(C)(C)C.CC(=O)N[C@H](CCCCNC(=O)OCCN=[N+]=[N-])C(=O)OC(C)(C)C.Cl.O=C(Cl)OCCCl.O=C(OCCCl)ON1C(=O)CCC1=O.O=C1CCC(=O)N1O.[N-]=[N+]=NCCOC(=O)NCCCC[C@@H](N)C(=O)O.[N-]=[N+]=[N-].[Na+]. The molecule has 52 heteroatoms. The van der Waals surface area contributed by atoms with E-state index in [4.69, 9.17) is 114 Å². The number of amides is 10. The zero-order valence-corrected chi connectivity index (χ0v) is 74.0. The van der Waals surface area contributed by atoms with Crippen LogP contribution < -0.4 is 72.9 Å². The Bertz CT molecular complexity index is 3080. The molecule has 4 atom stereocenters. The number of carbonyl (C=O) groups is 16. The number of hydroxylamine groups is 4. The van der Waals surface area contributed by atoms with Gasteiger partial charge in [0.05, 0.1) is 43.9 Å². The number of ether oxygens (including phenoxy) is 8. The molecule has 2 aliphatic heterocycles. The minimum Gasteiger partial charge on any atom is -0.480 e. The second-order valence-electron chi connectivity index (χ2n) is 25.8. The summed E-state index contributed by atoms with van der Waals surface area (Å²) in [5, 5.41) is 39.3. The maximum Gasteiger partial charge on any atom is 1.00 e. The summed E-state index contributed by atoms with van der Waals surface area (Å²) in [6.07, 6.45) is 4.70. The number of hydrogen-bond donors (Lipinski definition) is 10. The van der Waals surface area contributed by atoms with Crippen LogP contribution in [0.25, 0.3) is 36.9 Å². The minimum absolute atomic E-state index is 0.